The zero-order valence-corrected chi connectivity index (χ0v) is 13.8. The Balaban J connectivity index is 2.05. The number of nitrogens with zero attached hydrogens (tertiary/aromatic N) is 3. The Labute approximate surface area is 126 Å². The molecule has 1 saturated heterocycles. The topological polar surface area (TPSA) is 40.5 Å². The average Bonchev–Trinajstić information content (AvgIpc) is 2.79. The number of aliphatic imine (C=N–C) groups is 1. The van der Waals surface area contributed by atoms with Crippen LogP contribution in [0.3, 0.4) is 0 Å². The minimum Gasteiger partial charge on any atom is -0.357 e. The number of nitrogens with one attached hydrogen (secondary N) is 1. The van der Waals surface area contributed by atoms with Crippen molar-refractivity contribution in [2.24, 2.45) is 16.8 Å². The molecule has 1 N–H and O–H groups in total. The van der Waals surface area contributed by atoms with Crippen LogP contribution in [0.2, 0.25) is 0 Å². The highest BCUT2D eigenvalue weighted by Crippen LogP contribution is 2.21. The van der Waals surface area contributed by atoms with E-state index in [1.54, 1.807) is 11.3 Å². The third-order valence-corrected chi connectivity index (χ3v) is 4.43. The molecule has 5 heteroatoms. The Morgan fingerprint density at radius 1 is 1.45 bits per heavy atom. The lowest BCUT2D eigenvalue weighted by Crippen LogP contribution is -2.48. The molecule has 1 aliphatic rings. The molecule has 1 aromatic rings. The first kappa shape index (κ1) is 15.3. The van der Waals surface area contributed by atoms with E-state index in [1.807, 2.05) is 6.20 Å². The van der Waals surface area contributed by atoms with Crippen molar-refractivity contribution in [2.45, 2.75) is 40.7 Å². The Morgan fingerprint density at radius 2 is 2.15 bits per heavy atom. The van der Waals surface area contributed by atoms with E-state index in [2.05, 4.69) is 42.9 Å². The van der Waals surface area contributed by atoms with Crippen LogP contribution in [-0.4, -0.2) is 35.5 Å². The lowest BCUT2D eigenvalue weighted by molar-refractivity contribution is 0.208. The van der Waals surface area contributed by atoms with Gasteiger partial charge in [-0.1, -0.05) is 13.8 Å². The van der Waals surface area contributed by atoms with Gasteiger partial charge in [0.15, 0.2) is 5.96 Å². The van der Waals surface area contributed by atoms with Gasteiger partial charge in [-0.05, 0) is 32.1 Å². The maximum Gasteiger partial charge on any atom is 0.194 e. The van der Waals surface area contributed by atoms with Crippen molar-refractivity contribution in [2.75, 3.05) is 19.6 Å². The van der Waals surface area contributed by atoms with Crippen LogP contribution in [0.25, 0.3) is 0 Å². The van der Waals surface area contributed by atoms with Crippen LogP contribution in [0, 0.1) is 18.8 Å². The molecule has 2 heterocycles. The van der Waals surface area contributed by atoms with Crippen molar-refractivity contribution in [1.82, 2.24) is 15.2 Å². The molecular formula is C15H26N4S. The Kier molecular flexibility index (Phi) is 5.40. The highest BCUT2D eigenvalue weighted by atomic mass is 32.1. The zero-order valence-electron chi connectivity index (χ0n) is 13.0. The number of hydrogen-bond acceptors (Lipinski definition) is 3. The van der Waals surface area contributed by atoms with Gasteiger partial charge in [-0.2, -0.15) is 0 Å². The lowest BCUT2D eigenvalue weighted by atomic mass is 9.92. The van der Waals surface area contributed by atoms with Crippen molar-refractivity contribution in [3.63, 3.8) is 0 Å². The van der Waals surface area contributed by atoms with Crippen molar-refractivity contribution >= 4 is 17.3 Å². The molecule has 2 atom stereocenters. The monoisotopic (exact) mass is 294 g/mol. The molecule has 0 bridgehead atoms. The average molecular weight is 294 g/mol. The van der Waals surface area contributed by atoms with Crippen molar-refractivity contribution in [1.29, 1.82) is 0 Å². The van der Waals surface area contributed by atoms with Crippen LogP contribution >= 0.6 is 11.3 Å². The van der Waals surface area contributed by atoms with Crippen LogP contribution in [0.4, 0.5) is 0 Å². The molecular weight excluding hydrogens is 268 g/mol. The smallest absolute Gasteiger partial charge is 0.194 e. The van der Waals surface area contributed by atoms with Gasteiger partial charge >= 0.3 is 0 Å². The normalized spacial score (nSPS) is 24.0. The first-order chi connectivity index (χ1) is 9.58. The fourth-order valence-corrected chi connectivity index (χ4v) is 3.59. The summed E-state index contributed by atoms with van der Waals surface area (Å²) in [4.78, 5) is 12.8. The number of piperidine rings is 1. The summed E-state index contributed by atoms with van der Waals surface area (Å²) in [5.74, 6) is 2.52. The Morgan fingerprint density at radius 3 is 2.70 bits per heavy atom. The minimum atomic E-state index is 0.681. The maximum atomic E-state index is 4.77. The van der Waals surface area contributed by atoms with Crippen LogP contribution in [0.1, 0.15) is 37.1 Å². The summed E-state index contributed by atoms with van der Waals surface area (Å²) in [5.41, 5.74) is 0. The van der Waals surface area contributed by atoms with E-state index in [9.17, 15) is 0 Å². The van der Waals surface area contributed by atoms with E-state index in [0.717, 1.165) is 42.4 Å². The second-order valence-electron chi connectivity index (χ2n) is 5.89. The van der Waals surface area contributed by atoms with Crippen molar-refractivity contribution in [3.05, 3.63) is 16.1 Å². The van der Waals surface area contributed by atoms with Gasteiger partial charge in [0.25, 0.3) is 0 Å². The molecule has 4 nitrogen and oxygen atoms in total. The van der Waals surface area contributed by atoms with Gasteiger partial charge < -0.3 is 10.2 Å². The molecule has 20 heavy (non-hydrogen) atoms. The third kappa shape index (κ3) is 4.20. The highest BCUT2D eigenvalue weighted by Gasteiger charge is 2.23. The minimum absolute atomic E-state index is 0.681. The first-order valence-electron chi connectivity index (χ1n) is 7.53. The van der Waals surface area contributed by atoms with Gasteiger partial charge in [0.05, 0.1) is 6.54 Å². The number of thiazole rings is 1. The molecule has 0 aromatic carbocycles. The van der Waals surface area contributed by atoms with Crippen LogP contribution < -0.4 is 5.32 Å². The summed E-state index contributed by atoms with van der Waals surface area (Å²) in [6, 6.07) is 0. The predicted molar refractivity (Wildman–Crippen MR) is 86.2 cm³/mol. The highest BCUT2D eigenvalue weighted by molar-refractivity contribution is 7.11. The van der Waals surface area contributed by atoms with E-state index in [0.29, 0.717) is 6.54 Å². The number of guanidine groups is 1. The molecule has 0 saturated carbocycles. The molecule has 1 aromatic heterocycles. The number of hydrogen-bond donors (Lipinski definition) is 1. The molecule has 0 aliphatic carbocycles. The van der Waals surface area contributed by atoms with E-state index < -0.39 is 0 Å². The van der Waals surface area contributed by atoms with Gasteiger partial charge in [-0.3, -0.25) is 0 Å². The van der Waals surface area contributed by atoms with E-state index >= 15 is 0 Å². The molecule has 0 radical (unpaired) electrons. The predicted octanol–water partition coefficient (Wildman–Crippen LogP) is 2.89. The van der Waals surface area contributed by atoms with Gasteiger partial charge in [0.2, 0.25) is 0 Å². The number of likely N-dealkylation sites (tertiary alicyclic amines) is 1. The standard InChI is InChI=1S/C15H26N4S/c1-5-16-15(18-8-14-17-7-13(4)20-14)19-9-11(2)6-12(3)10-19/h7,11-12H,5-6,8-10H2,1-4H3,(H,16,18). The second-order valence-corrected chi connectivity index (χ2v) is 7.21. The van der Waals surface area contributed by atoms with Crippen molar-refractivity contribution in [3.8, 4) is 0 Å². The molecule has 112 valence electrons. The number of rotatable bonds is 3. The summed E-state index contributed by atoms with van der Waals surface area (Å²) in [6.07, 6.45) is 3.25. The summed E-state index contributed by atoms with van der Waals surface area (Å²) >= 11 is 1.73. The summed E-state index contributed by atoms with van der Waals surface area (Å²) in [7, 11) is 0. The molecule has 0 amide bonds. The summed E-state index contributed by atoms with van der Waals surface area (Å²) in [6.45, 7) is 12.7. The first-order valence-corrected chi connectivity index (χ1v) is 8.34. The largest absolute Gasteiger partial charge is 0.357 e. The molecule has 2 unspecified atom stereocenters. The van der Waals surface area contributed by atoms with E-state index in [-0.39, 0.29) is 0 Å². The number of aromatic nitrogens is 1. The third-order valence-electron chi connectivity index (χ3n) is 3.54. The Bertz CT molecular complexity index is 444. The lowest BCUT2D eigenvalue weighted by Gasteiger charge is -2.37. The molecule has 0 spiro atoms. The molecule has 1 aliphatic heterocycles. The van der Waals surface area contributed by atoms with Gasteiger partial charge in [0, 0.05) is 30.7 Å². The maximum absolute atomic E-state index is 4.77. The SMILES string of the molecule is CCNC(=NCc1ncc(C)s1)N1CC(C)CC(C)C1. The quantitative estimate of drug-likeness (QED) is 0.688. The van der Waals surface area contributed by atoms with Crippen LogP contribution in [0.15, 0.2) is 11.2 Å². The summed E-state index contributed by atoms with van der Waals surface area (Å²) in [5, 5.41) is 4.52. The van der Waals surface area contributed by atoms with E-state index in [4.69, 9.17) is 4.99 Å². The Hall–Kier alpha value is -1.10. The van der Waals surface area contributed by atoms with E-state index in [1.165, 1.54) is 11.3 Å². The van der Waals surface area contributed by atoms with Crippen LogP contribution in [-0.2, 0) is 6.54 Å². The van der Waals surface area contributed by atoms with Gasteiger partial charge in [-0.25, -0.2) is 9.98 Å². The number of aryl methyl sites for hydroxylation is 1. The zero-order chi connectivity index (χ0) is 14.5. The fourth-order valence-electron chi connectivity index (χ4n) is 2.88. The summed E-state index contributed by atoms with van der Waals surface area (Å²) < 4.78 is 0. The molecule has 2 rings (SSSR count). The van der Waals surface area contributed by atoms with Crippen molar-refractivity contribution < 1.29 is 0 Å². The van der Waals surface area contributed by atoms with Gasteiger partial charge in [-0.15, -0.1) is 11.3 Å². The second kappa shape index (κ2) is 7.07. The van der Waals surface area contributed by atoms with Crippen LogP contribution in [0.5, 0.6) is 0 Å². The molecule has 1 fully saturated rings. The fraction of sp³-hybridized carbons (Fsp3) is 0.733. The van der Waals surface area contributed by atoms with Gasteiger partial charge in [0.1, 0.15) is 5.01 Å².